The van der Waals surface area contributed by atoms with Gasteiger partial charge >= 0.3 is 5.97 Å². The SMILES string of the molecule is O=C(COc1ccc([S+]2c3ccccc3Cc3ccccc32)cc1)OC12CC3CC(C1)C(=O)C(C3)C2. The lowest BCUT2D eigenvalue weighted by molar-refractivity contribution is -0.190. The number of ketones is 1. The van der Waals surface area contributed by atoms with Gasteiger partial charge in [-0.15, -0.1) is 0 Å². The molecule has 3 aromatic carbocycles. The summed E-state index contributed by atoms with van der Waals surface area (Å²) in [7, 11) is -0.165. The third kappa shape index (κ3) is 3.76. The van der Waals surface area contributed by atoms with E-state index in [1.807, 2.05) is 12.1 Å². The Balaban J connectivity index is 1.05. The van der Waals surface area contributed by atoms with Gasteiger partial charge in [-0.3, -0.25) is 4.79 Å². The molecule has 0 radical (unpaired) electrons. The molecule has 4 nitrogen and oxygen atoms in total. The topological polar surface area (TPSA) is 52.6 Å². The standard InChI is InChI=1S/C31H29O4S/c32-29(35-31-16-20-13-23(17-31)30(33)24(14-20)18-31)19-34-25-9-11-26(12-10-25)36-27-7-3-1-5-21(27)15-22-6-2-4-8-28(22)36/h1-12,20,23-24H,13-19H2/q+1. The maximum absolute atomic E-state index is 12.7. The first kappa shape index (κ1) is 22.2. The predicted molar refractivity (Wildman–Crippen MR) is 137 cm³/mol. The number of rotatable bonds is 5. The number of carbonyl (C=O) groups is 2. The molecular weight excluding hydrogens is 468 g/mol. The zero-order valence-corrected chi connectivity index (χ0v) is 21.0. The summed E-state index contributed by atoms with van der Waals surface area (Å²) in [5.41, 5.74) is 2.32. The van der Waals surface area contributed by atoms with E-state index in [9.17, 15) is 9.59 Å². The average Bonchev–Trinajstić information content (AvgIpc) is 2.89. The van der Waals surface area contributed by atoms with Crippen LogP contribution in [-0.2, 0) is 31.6 Å². The van der Waals surface area contributed by atoms with E-state index >= 15 is 0 Å². The number of ether oxygens (including phenoxy) is 2. The van der Waals surface area contributed by atoms with Crippen LogP contribution in [0.2, 0.25) is 0 Å². The van der Waals surface area contributed by atoms with Crippen LogP contribution in [0.4, 0.5) is 0 Å². The molecular formula is C31H29O4S+. The Morgan fingerprint density at radius 1 is 0.833 bits per heavy atom. The number of fused-ring (bicyclic) bond motifs is 2. The molecule has 0 N–H and O–H groups in total. The highest BCUT2D eigenvalue weighted by Crippen LogP contribution is 2.55. The number of carbonyl (C=O) groups excluding carboxylic acids is 2. The fourth-order valence-electron chi connectivity index (χ4n) is 7.16. The average molecular weight is 498 g/mol. The Labute approximate surface area is 214 Å². The zero-order valence-electron chi connectivity index (χ0n) is 20.2. The van der Waals surface area contributed by atoms with Crippen LogP contribution in [-0.4, -0.2) is 24.0 Å². The van der Waals surface area contributed by atoms with Crippen molar-refractivity contribution in [3.05, 3.63) is 83.9 Å². The molecule has 5 heteroatoms. The minimum Gasteiger partial charge on any atom is -0.482 e. The maximum Gasteiger partial charge on any atom is 0.344 e. The van der Waals surface area contributed by atoms with Crippen LogP contribution >= 0.6 is 0 Å². The second-order valence-corrected chi connectivity index (χ2v) is 12.8. The highest BCUT2D eigenvalue weighted by atomic mass is 32.2. The number of benzene rings is 3. The molecule has 8 rings (SSSR count). The van der Waals surface area contributed by atoms with E-state index in [-0.39, 0.29) is 35.3 Å². The minimum atomic E-state index is -0.447. The molecule has 36 heavy (non-hydrogen) atoms. The van der Waals surface area contributed by atoms with Crippen molar-refractivity contribution in [3.8, 4) is 5.75 Å². The fraction of sp³-hybridized carbons (Fsp3) is 0.355. The van der Waals surface area contributed by atoms with Crippen molar-refractivity contribution in [2.45, 2.75) is 58.8 Å². The lowest BCUT2D eigenvalue weighted by atomic mass is 9.53. The van der Waals surface area contributed by atoms with E-state index in [1.54, 1.807) is 0 Å². The highest BCUT2D eigenvalue weighted by molar-refractivity contribution is 7.97. The predicted octanol–water partition coefficient (Wildman–Crippen LogP) is 5.76. The molecule has 4 fully saturated rings. The highest BCUT2D eigenvalue weighted by Gasteiger charge is 2.57. The van der Waals surface area contributed by atoms with Crippen LogP contribution in [0.15, 0.2) is 87.5 Å². The van der Waals surface area contributed by atoms with Gasteiger partial charge in [-0.1, -0.05) is 36.4 Å². The summed E-state index contributed by atoms with van der Waals surface area (Å²) in [6, 6.07) is 25.6. The normalized spacial score (nSPS) is 27.9. The first-order valence-electron chi connectivity index (χ1n) is 13.0. The van der Waals surface area contributed by atoms with Gasteiger partial charge in [-0.25, -0.2) is 4.79 Å². The second-order valence-electron chi connectivity index (χ2n) is 10.9. The van der Waals surface area contributed by atoms with Gasteiger partial charge in [0.15, 0.2) is 21.3 Å². The molecule has 2 unspecified atom stereocenters. The molecule has 4 aliphatic carbocycles. The summed E-state index contributed by atoms with van der Waals surface area (Å²) in [5, 5.41) is 0. The van der Waals surface area contributed by atoms with Crippen LogP contribution < -0.4 is 4.74 Å². The van der Waals surface area contributed by atoms with E-state index in [4.69, 9.17) is 9.47 Å². The number of hydrogen-bond acceptors (Lipinski definition) is 4. The van der Waals surface area contributed by atoms with Crippen LogP contribution in [0, 0.1) is 17.8 Å². The Morgan fingerprint density at radius 3 is 2.08 bits per heavy atom. The summed E-state index contributed by atoms with van der Waals surface area (Å²) in [5.74, 6) is 1.45. The van der Waals surface area contributed by atoms with Crippen LogP contribution in [0.3, 0.4) is 0 Å². The van der Waals surface area contributed by atoms with Gasteiger partial charge in [-0.05, 0) is 74.4 Å². The molecule has 4 bridgehead atoms. The van der Waals surface area contributed by atoms with E-state index in [1.165, 1.54) is 25.8 Å². The second kappa shape index (κ2) is 8.52. The van der Waals surface area contributed by atoms with Gasteiger partial charge in [0.25, 0.3) is 0 Å². The number of Topliss-reactive ketones (excluding diaryl/α,β-unsaturated/α-hetero) is 1. The zero-order chi connectivity index (χ0) is 24.3. The molecule has 4 saturated carbocycles. The lowest BCUT2D eigenvalue weighted by Crippen LogP contribution is -2.57. The summed E-state index contributed by atoms with van der Waals surface area (Å²) in [4.78, 5) is 29.2. The van der Waals surface area contributed by atoms with Gasteiger partial charge in [0.05, 0.1) is 10.9 Å². The van der Waals surface area contributed by atoms with Crippen molar-refractivity contribution in [2.24, 2.45) is 17.8 Å². The Morgan fingerprint density at radius 2 is 1.44 bits per heavy atom. The van der Waals surface area contributed by atoms with E-state index in [0.717, 1.165) is 25.7 Å². The number of hydrogen-bond donors (Lipinski definition) is 0. The van der Waals surface area contributed by atoms with E-state index < -0.39 is 5.60 Å². The van der Waals surface area contributed by atoms with Gasteiger partial charge < -0.3 is 9.47 Å². The third-order valence-electron chi connectivity index (χ3n) is 8.45. The molecule has 2 atom stereocenters. The first-order chi connectivity index (χ1) is 17.6. The fourth-order valence-corrected chi connectivity index (χ4v) is 9.55. The van der Waals surface area contributed by atoms with Crippen LogP contribution in [0.25, 0.3) is 0 Å². The lowest BCUT2D eigenvalue weighted by Gasteiger charge is -2.54. The minimum absolute atomic E-state index is 0.0911. The van der Waals surface area contributed by atoms with Crippen LogP contribution in [0.1, 0.15) is 43.2 Å². The summed E-state index contributed by atoms with van der Waals surface area (Å²) >= 11 is 0. The molecule has 182 valence electrons. The van der Waals surface area contributed by atoms with E-state index in [2.05, 4.69) is 60.7 Å². The van der Waals surface area contributed by atoms with Gasteiger partial charge in [0, 0.05) is 29.4 Å². The quantitative estimate of drug-likeness (QED) is 0.260. The largest absolute Gasteiger partial charge is 0.482 e. The van der Waals surface area contributed by atoms with Crippen molar-refractivity contribution >= 4 is 22.6 Å². The Hall–Kier alpha value is -3.05. The molecule has 0 saturated heterocycles. The molecule has 1 aliphatic heterocycles. The Kier molecular flexibility index (Phi) is 5.24. The first-order valence-corrected chi connectivity index (χ1v) is 14.2. The smallest absolute Gasteiger partial charge is 0.344 e. The molecule has 5 aliphatic rings. The molecule has 0 amide bonds. The van der Waals surface area contributed by atoms with Crippen LogP contribution in [0.5, 0.6) is 5.75 Å². The van der Waals surface area contributed by atoms with Gasteiger partial charge in [-0.2, -0.15) is 0 Å². The molecule has 1 heterocycles. The monoisotopic (exact) mass is 497 g/mol. The maximum atomic E-state index is 12.7. The van der Waals surface area contributed by atoms with Crippen molar-refractivity contribution in [3.63, 3.8) is 0 Å². The molecule has 0 spiro atoms. The van der Waals surface area contributed by atoms with Gasteiger partial charge in [0.2, 0.25) is 0 Å². The third-order valence-corrected chi connectivity index (χ3v) is 10.9. The molecule has 0 aromatic heterocycles. The summed E-state index contributed by atoms with van der Waals surface area (Å²) in [6.07, 6.45) is 5.23. The van der Waals surface area contributed by atoms with Crippen molar-refractivity contribution in [1.82, 2.24) is 0 Å². The Bertz CT molecular complexity index is 1280. The van der Waals surface area contributed by atoms with Crippen molar-refractivity contribution in [1.29, 1.82) is 0 Å². The van der Waals surface area contributed by atoms with E-state index in [0.29, 0.717) is 30.3 Å². The summed E-state index contributed by atoms with van der Waals surface area (Å²) < 4.78 is 11.8. The van der Waals surface area contributed by atoms with Crippen molar-refractivity contribution in [2.75, 3.05) is 6.61 Å². The van der Waals surface area contributed by atoms with Crippen molar-refractivity contribution < 1.29 is 19.1 Å². The number of esters is 1. The summed E-state index contributed by atoms with van der Waals surface area (Å²) in [6.45, 7) is -0.105. The van der Waals surface area contributed by atoms with Gasteiger partial charge in [0.1, 0.15) is 17.1 Å². The molecule has 3 aromatic rings.